The number of aromatic carboxylic acids is 1. The number of thioether (sulfide) groups is 1. The van der Waals surface area contributed by atoms with Crippen LogP contribution in [0.25, 0.3) is 0 Å². The molecule has 0 unspecified atom stereocenters. The van der Waals surface area contributed by atoms with Crippen LogP contribution in [0.2, 0.25) is 0 Å². The maximum absolute atomic E-state index is 10.8. The van der Waals surface area contributed by atoms with Gasteiger partial charge < -0.3 is 10.4 Å². The Kier molecular flexibility index (Phi) is 4.70. The first-order valence-corrected chi connectivity index (χ1v) is 6.06. The fraction of sp³-hybridized carbons (Fsp3) is 0.333. The molecule has 0 fully saturated rings. The molecular formula is C9H11N3O4S. The molecule has 7 nitrogen and oxygen atoms in total. The molecule has 0 aliphatic carbocycles. The van der Waals surface area contributed by atoms with E-state index in [0.717, 1.165) is 11.9 Å². The lowest BCUT2D eigenvalue weighted by Crippen LogP contribution is -2.09. The minimum Gasteiger partial charge on any atom is -0.477 e. The zero-order valence-corrected chi connectivity index (χ0v) is 9.86. The van der Waals surface area contributed by atoms with Gasteiger partial charge in [-0.2, -0.15) is 11.8 Å². The first-order valence-electron chi connectivity index (χ1n) is 4.66. The Morgan fingerprint density at radius 3 is 2.94 bits per heavy atom. The number of nitrogens with one attached hydrogen (secondary N) is 1. The van der Waals surface area contributed by atoms with E-state index in [1.54, 1.807) is 11.8 Å². The van der Waals surface area contributed by atoms with Crippen molar-refractivity contribution in [1.29, 1.82) is 0 Å². The third-order valence-electron chi connectivity index (χ3n) is 1.92. The molecule has 17 heavy (non-hydrogen) atoms. The van der Waals surface area contributed by atoms with E-state index in [4.69, 9.17) is 5.11 Å². The fourth-order valence-corrected chi connectivity index (χ4v) is 1.45. The first-order chi connectivity index (χ1) is 8.06. The highest BCUT2D eigenvalue weighted by molar-refractivity contribution is 7.98. The fourth-order valence-electron chi connectivity index (χ4n) is 1.14. The van der Waals surface area contributed by atoms with Crippen LogP contribution in [0.3, 0.4) is 0 Å². The molecule has 8 heteroatoms. The van der Waals surface area contributed by atoms with E-state index in [0.29, 0.717) is 12.4 Å². The van der Waals surface area contributed by atoms with Crippen molar-refractivity contribution >= 4 is 29.2 Å². The number of anilines is 1. The molecule has 0 radical (unpaired) electrons. The largest absolute Gasteiger partial charge is 0.477 e. The lowest BCUT2D eigenvalue weighted by molar-refractivity contribution is -0.385. The molecule has 1 rings (SSSR count). The molecule has 1 heterocycles. The maximum Gasteiger partial charge on any atom is 0.342 e. The van der Waals surface area contributed by atoms with Gasteiger partial charge in [0.05, 0.1) is 4.92 Å². The van der Waals surface area contributed by atoms with Crippen LogP contribution >= 0.6 is 11.8 Å². The Bertz CT molecular complexity index is 438. The van der Waals surface area contributed by atoms with E-state index in [2.05, 4.69) is 10.3 Å². The van der Waals surface area contributed by atoms with Gasteiger partial charge in [-0.15, -0.1) is 0 Å². The smallest absolute Gasteiger partial charge is 0.342 e. The van der Waals surface area contributed by atoms with Crippen LogP contribution in [0.15, 0.2) is 12.3 Å². The monoisotopic (exact) mass is 257 g/mol. The standard InChI is InChI=1S/C9H11N3O4S/c1-17-3-2-10-8-4-6(9(13)14)7(5-11-8)12(15)16/h4-5H,2-3H2,1H3,(H,10,11)(H,13,14). The van der Waals surface area contributed by atoms with Gasteiger partial charge in [-0.25, -0.2) is 9.78 Å². The number of hydrogen-bond acceptors (Lipinski definition) is 6. The van der Waals surface area contributed by atoms with Gasteiger partial charge in [0.15, 0.2) is 0 Å². The summed E-state index contributed by atoms with van der Waals surface area (Å²) in [7, 11) is 0. The second kappa shape index (κ2) is 6.04. The van der Waals surface area contributed by atoms with Gasteiger partial charge in [0.1, 0.15) is 17.6 Å². The Hall–Kier alpha value is -1.83. The number of aromatic nitrogens is 1. The zero-order valence-electron chi connectivity index (χ0n) is 9.04. The van der Waals surface area contributed by atoms with Crippen LogP contribution < -0.4 is 5.32 Å². The minimum atomic E-state index is -1.34. The second-order valence-corrected chi connectivity index (χ2v) is 4.05. The van der Waals surface area contributed by atoms with Crippen LogP contribution in [-0.4, -0.2) is 39.5 Å². The van der Waals surface area contributed by atoms with Gasteiger partial charge in [-0.3, -0.25) is 10.1 Å². The summed E-state index contributed by atoms with van der Waals surface area (Å²) >= 11 is 1.62. The van der Waals surface area contributed by atoms with Crippen LogP contribution in [0.5, 0.6) is 0 Å². The minimum absolute atomic E-state index is 0.321. The number of carboxylic acid groups (broad SMARTS) is 1. The van der Waals surface area contributed by atoms with Gasteiger partial charge in [0.2, 0.25) is 0 Å². The molecule has 0 aromatic carbocycles. The van der Waals surface area contributed by atoms with E-state index in [1.165, 1.54) is 6.07 Å². The van der Waals surface area contributed by atoms with Crippen molar-refractivity contribution in [2.75, 3.05) is 23.9 Å². The number of carboxylic acids is 1. The summed E-state index contributed by atoms with van der Waals surface area (Å²) in [5.41, 5.74) is -0.871. The number of pyridine rings is 1. The number of rotatable bonds is 6. The average Bonchev–Trinajstić information content (AvgIpc) is 2.29. The van der Waals surface area contributed by atoms with Gasteiger partial charge in [-0.05, 0) is 6.26 Å². The molecule has 0 bridgehead atoms. The van der Waals surface area contributed by atoms with Gasteiger partial charge in [-0.1, -0.05) is 0 Å². The van der Waals surface area contributed by atoms with Gasteiger partial charge >= 0.3 is 11.7 Å². The van der Waals surface area contributed by atoms with Crippen LogP contribution in [-0.2, 0) is 0 Å². The number of carbonyl (C=O) groups is 1. The third-order valence-corrected chi connectivity index (χ3v) is 2.53. The first kappa shape index (κ1) is 13.2. The molecule has 0 saturated carbocycles. The summed E-state index contributed by atoms with van der Waals surface area (Å²) in [6, 6.07) is 1.17. The lowest BCUT2D eigenvalue weighted by Gasteiger charge is -2.05. The van der Waals surface area contributed by atoms with Crippen LogP contribution in [0, 0.1) is 10.1 Å². The molecule has 0 aliphatic rings. The molecule has 2 N–H and O–H groups in total. The number of nitrogens with zero attached hydrogens (tertiary/aromatic N) is 2. The Labute approximate surface area is 101 Å². The summed E-state index contributed by atoms with van der Waals surface area (Å²) in [6.45, 7) is 0.616. The summed E-state index contributed by atoms with van der Waals surface area (Å²) in [4.78, 5) is 24.4. The molecule has 0 amide bonds. The Morgan fingerprint density at radius 1 is 1.71 bits per heavy atom. The summed E-state index contributed by atoms with van der Waals surface area (Å²) < 4.78 is 0. The molecule has 92 valence electrons. The molecule has 0 saturated heterocycles. The van der Waals surface area contributed by atoms with E-state index in [-0.39, 0.29) is 5.56 Å². The molecule has 1 aromatic rings. The average molecular weight is 257 g/mol. The van der Waals surface area contributed by atoms with Crippen molar-refractivity contribution in [1.82, 2.24) is 4.98 Å². The van der Waals surface area contributed by atoms with E-state index in [9.17, 15) is 14.9 Å². The number of hydrogen-bond donors (Lipinski definition) is 2. The molecule has 0 aliphatic heterocycles. The normalized spacial score (nSPS) is 9.94. The zero-order chi connectivity index (χ0) is 12.8. The van der Waals surface area contributed by atoms with Gasteiger partial charge in [0, 0.05) is 18.4 Å². The van der Waals surface area contributed by atoms with Crippen molar-refractivity contribution in [3.8, 4) is 0 Å². The summed E-state index contributed by atoms with van der Waals surface area (Å²) in [5.74, 6) is -0.185. The Morgan fingerprint density at radius 2 is 2.41 bits per heavy atom. The van der Waals surface area contributed by atoms with E-state index in [1.807, 2.05) is 6.26 Å². The molecule has 0 atom stereocenters. The molecule has 1 aromatic heterocycles. The van der Waals surface area contributed by atoms with Gasteiger partial charge in [0.25, 0.3) is 0 Å². The van der Waals surface area contributed by atoms with Crippen LogP contribution in [0.1, 0.15) is 10.4 Å². The predicted molar refractivity (Wildman–Crippen MR) is 64.7 cm³/mol. The predicted octanol–water partition coefficient (Wildman–Crippen LogP) is 1.46. The highest BCUT2D eigenvalue weighted by atomic mass is 32.2. The maximum atomic E-state index is 10.8. The molecular weight excluding hydrogens is 246 g/mol. The quantitative estimate of drug-likeness (QED) is 0.451. The van der Waals surface area contributed by atoms with Crippen molar-refractivity contribution in [3.63, 3.8) is 0 Å². The highest BCUT2D eigenvalue weighted by Crippen LogP contribution is 2.20. The topological polar surface area (TPSA) is 105 Å². The SMILES string of the molecule is CSCCNc1cc(C(=O)O)c([N+](=O)[O-])cn1. The summed E-state index contributed by atoms with van der Waals surface area (Å²) in [5, 5.41) is 22.3. The Balaban J connectivity index is 2.94. The molecule has 0 spiro atoms. The van der Waals surface area contributed by atoms with Crippen molar-refractivity contribution in [2.45, 2.75) is 0 Å². The van der Waals surface area contributed by atoms with Crippen LogP contribution in [0.4, 0.5) is 11.5 Å². The lowest BCUT2D eigenvalue weighted by atomic mass is 10.2. The van der Waals surface area contributed by atoms with E-state index >= 15 is 0 Å². The number of nitro groups is 1. The second-order valence-electron chi connectivity index (χ2n) is 3.07. The van der Waals surface area contributed by atoms with Crippen molar-refractivity contribution in [3.05, 3.63) is 27.9 Å². The van der Waals surface area contributed by atoms with E-state index < -0.39 is 16.6 Å². The summed E-state index contributed by atoms with van der Waals surface area (Å²) in [6.07, 6.45) is 2.89. The highest BCUT2D eigenvalue weighted by Gasteiger charge is 2.20. The van der Waals surface area contributed by atoms with Crippen molar-refractivity contribution in [2.24, 2.45) is 0 Å². The van der Waals surface area contributed by atoms with Crippen molar-refractivity contribution < 1.29 is 14.8 Å². The third kappa shape index (κ3) is 3.59.